The number of esters is 1. The van der Waals surface area contributed by atoms with Crippen LogP contribution in [0.15, 0.2) is 48.5 Å². The number of hydrogen-bond acceptors (Lipinski definition) is 5. The van der Waals surface area contributed by atoms with Crippen LogP contribution in [-0.2, 0) is 25.6 Å². The van der Waals surface area contributed by atoms with Gasteiger partial charge in [0, 0.05) is 17.5 Å². The van der Waals surface area contributed by atoms with Crippen molar-refractivity contribution >= 4 is 29.6 Å². The zero-order valence-corrected chi connectivity index (χ0v) is 20.5. The minimum atomic E-state index is -1.13. The third-order valence-corrected chi connectivity index (χ3v) is 6.54. The van der Waals surface area contributed by atoms with Crippen LogP contribution in [0.3, 0.4) is 0 Å². The number of nitrogens with zero attached hydrogens (tertiary/aromatic N) is 1. The van der Waals surface area contributed by atoms with Gasteiger partial charge in [-0.1, -0.05) is 48.0 Å². The lowest BCUT2D eigenvalue weighted by molar-refractivity contribution is -0.146. The fraction of sp³-hybridized carbons (Fsp3) is 0.423. The van der Waals surface area contributed by atoms with Crippen LogP contribution in [0, 0.1) is 0 Å². The minimum absolute atomic E-state index is 0.00232. The van der Waals surface area contributed by atoms with E-state index in [-0.39, 0.29) is 18.2 Å². The van der Waals surface area contributed by atoms with Crippen LogP contribution in [0.1, 0.15) is 62.3 Å². The molecule has 4 rings (SSSR count). The number of fused-ring (bicyclic) bond motifs is 1. The molecule has 0 radical (unpaired) electrons. The second-order valence-electron chi connectivity index (χ2n) is 9.85. The number of nitrogens with one attached hydrogen (secondary N) is 1. The zero-order valence-electron chi connectivity index (χ0n) is 19.8. The second-order valence-corrected chi connectivity index (χ2v) is 10.3. The molecular formula is C26H29ClN2O5. The van der Waals surface area contributed by atoms with E-state index in [4.69, 9.17) is 21.1 Å². The summed E-state index contributed by atoms with van der Waals surface area (Å²) in [6, 6.07) is 14.4. The first-order chi connectivity index (χ1) is 16.0. The third-order valence-electron chi connectivity index (χ3n) is 6.28. The lowest BCUT2D eigenvalue weighted by Crippen LogP contribution is -2.46. The summed E-state index contributed by atoms with van der Waals surface area (Å²) in [5, 5.41) is 3.52. The molecular weight excluding hydrogens is 456 g/mol. The van der Waals surface area contributed by atoms with Crippen LogP contribution < -0.4 is 5.32 Å². The molecule has 1 fully saturated rings. The average Bonchev–Trinajstić information content (AvgIpc) is 3.38. The summed E-state index contributed by atoms with van der Waals surface area (Å²) >= 11 is 5.99. The van der Waals surface area contributed by atoms with E-state index < -0.39 is 29.2 Å². The molecule has 3 unspecified atom stereocenters. The monoisotopic (exact) mass is 484 g/mol. The Morgan fingerprint density at radius 2 is 1.79 bits per heavy atom. The van der Waals surface area contributed by atoms with Gasteiger partial charge in [0.25, 0.3) is 0 Å². The Kier molecular flexibility index (Phi) is 6.34. The summed E-state index contributed by atoms with van der Waals surface area (Å²) in [6.07, 6.45) is -0.0403. The molecule has 3 atom stereocenters. The molecule has 0 saturated heterocycles. The van der Waals surface area contributed by atoms with E-state index in [9.17, 15) is 14.4 Å². The molecule has 1 aliphatic carbocycles. The van der Waals surface area contributed by atoms with Crippen molar-refractivity contribution in [1.82, 2.24) is 10.2 Å². The highest BCUT2D eigenvalue weighted by atomic mass is 35.5. The minimum Gasteiger partial charge on any atom is -0.467 e. The number of amides is 2. The van der Waals surface area contributed by atoms with Crippen molar-refractivity contribution in [2.75, 3.05) is 7.11 Å². The maximum absolute atomic E-state index is 13.3. The lowest BCUT2D eigenvalue weighted by atomic mass is 10.0. The summed E-state index contributed by atoms with van der Waals surface area (Å²) in [6.45, 7) is 5.78. The van der Waals surface area contributed by atoms with Crippen molar-refractivity contribution in [3.05, 3.63) is 70.2 Å². The molecule has 0 aromatic heterocycles. The molecule has 2 amide bonds. The van der Waals surface area contributed by atoms with Gasteiger partial charge in [0.15, 0.2) is 0 Å². The largest absolute Gasteiger partial charge is 0.467 e. The first-order valence-electron chi connectivity index (χ1n) is 11.3. The van der Waals surface area contributed by atoms with Gasteiger partial charge in [-0.2, -0.15) is 0 Å². The summed E-state index contributed by atoms with van der Waals surface area (Å²) < 4.78 is 10.6. The van der Waals surface area contributed by atoms with E-state index >= 15 is 0 Å². The van der Waals surface area contributed by atoms with Gasteiger partial charge < -0.3 is 14.8 Å². The Morgan fingerprint density at radius 1 is 1.12 bits per heavy atom. The molecule has 34 heavy (non-hydrogen) atoms. The van der Waals surface area contributed by atoms with Crippen molar-refractivity contribution in [2.45, 2.75) is 63.3 Å². The standard InChI is InChI=1S/C26H29ClN2O5/c1-25(2,3)34-24(32)29-15-17-7-5-6-8-19(17)21(29)13-22(30)28-26(23(31)33-4)14-20(26)16-9-11-18(27)12-10-16/h5-12,20-21H,13-15H2,1-4H3,(H,28,30). The van der Waals surface area contributed by atoms with Gasteiger partial charge in [-0.15, -0.1) is 0 Å². The molecule has 1 N–H and O–H groups in total. The fourth-order valence-corrected chi connectivity index (χ4v) is 4.76. The number of halogens is 1. The molecule has 1 saturated carbocycles. The summed E-state index contributed by atoms with van der Waals surface area (Å²) in [5.41, 5.74) is 0.985. The van der Waals surface area contributed by atoms with Crippen molar-refractivity contribution in [3.8, 4) is 0 Å². The molecule has 2 aliphatic rings. The normalized spacial score (nSPS) is 23.1. The number of hydrogen-bond donors (Lipinski definition) is 1. The number of carbonyl (C=O) groups is 3. The highest BCUT2D eigenvalue weighted by Crippen LogP contribution is 2.52. The van der Waals surface area contributed by atoms with Gasteiger partial charge in [-0.05, 0) is 56.0 Å². The number of benzene rings is 2. The number of ether oxygens (including phenoxy) is 2. The second kappa shape index (κ2) is 8.95. The lowest BCUT2D eigenvalue weighted by Gasteiger charge is -2.29. The highest BCUT2D eigenvalue weighted by Gasteiger charge is 2.63. The fourth-order valence-electron chi connectivity index (χ4n) is 4.63. The van der Waals surface area contributed by atoms with E-state index in [0.29, 0.717) is 18.0 Å². The molecule has 180 valence electrons. The van der Waals surface area contributed by atoms with E-state index in [2.05, 4.69) is 5.32 Å². The molecule has 0 bridgehead atoms. The van der Waals surface area contributed by atoms with Crippen LogP contribution in [0.4, 0.5) is 4.79 Å². The highest BCUT2D eigenvalue weighted by molar-refractivity contribution is 6.30. The van der Waals surface area contributed by atoms with E-state index in [1.807, 2.05) is 36.4 Å². The Bertz CT molecular complexity index is 1110. The van der Waals surface area contributed by atoms with Gasteiger partial charge >= 0.3 is 12.1 Å². The Labute approximate surface area is 204 Å². The first kappa shape index (κ1) is 24.1. The topological polar surface area (TPSA) is 84.9 Å². The van der Waals surface area contributed by atoms with Crippen LogP contribution in [0.5, 0.6) is 0 Å². The maximum atomic E-state index is 13.3. The van der Waals surface area contributed by atoms with Crippen molar-refractivity contribution in [1.29, 1.82) is 0 Å². The predicted octanol–water partition coefficient (Wildman–Crippen LogP) is 4.74. The van der Waals surface area contributed by atoms with Gasteiger partial charge in [0.1, 0.15) is 11.1 Å². The predicted molar refractivity (Wildman–Crippen MR) is 127 cm³/mol. The Balaban J connectivity index is 1.54. The molecule has 2 aromatic rings. The van der Waals surface area contributed by atoms with Crippen LogP contribution in [0.25, 0.3) is 0 Å². The number of carbonyl (C=O) groups excluding carboxylic acids is 3. The Hall–Kier alpha value is -3.06. The van der Waals surface area contributed by atoms with Gasteiger partial charge in [0.05, 0.1) is 19.6 Å². The first-order valence-corrected chi connectivity index (χ1v) is 11.6. The third kappa shape index (κ3) is 4.75. The summed E-state index contributed by atoms with van der Waals surface area (Å²) in [4.78, 5) is 40.4. The van der Waals surface area contributed by atoms with Crippen LogP contribution in [0.2, 0.25) is 5.02 Å². The average molecular weight is 485 g/mol. The zero-order chi connectivity index (χ0) is 24.7. The van der Waals surface area contributed by atoms with E-state index in [1.165, 1.54) is 7.11 Å². The maximum Gasteiger partial charge on any atom is 0.411 e. The number of methoxy groups -OCH3 is 1. The molecule has 1 aliphatic heterocycles. The summed E-state index contributed by atoms with van der Waals surface area (Å²) in [5.74, 6) is -1.03. The number of rotatable bonds is 5. The SMILES string of the molecule is COC(=O)C1(NC(=O)CC2c3ccccc3CN2C(=O)OC(C)(C)C)CC1c1ccc(Cl)cc1. The quantitative estimate of drug-likeness (QED) is 0.620. The molecule has 8 heteroatoms. The van der Waals surface area contributed by atoms with E-state index in [1.54, 1.807) is 37.8 Å². The van der Waals surface area contributed by atoms with Crippen molar-refractivity contribution in [3.63, 3.8) is 0 Å². The van der Waals surface area contributed by atoms with Crippen LogP contribution >= 0.6 is 11.6 Å². The van der Waals surface area contributed by atoms with Crippen molar-refractivity contribution < 1.29 is 23.9 Å². The van der Waals surface area contributed by atoms with Gasteiger partial charge in [-0.25, -0.2) is 9.59 Å². The van der Waals surface area contributed by atoms with Crippen LogP contribution in [-0.4, -0.2) is 41.1 Å². The molecule has 2 aromatic carbocycles. The molecule has 1 heterocycles. The molecule has 7 nitrogen and oxygen atoms in total. The van der Waals surface area contributed by atoms with Crippen molar-refractivity contribution in [2.24, 2.45) is 0 Å². The molecule has 0 spiro atoms. The smallest absolute Gasteiger partial charge is 0.411 e. The Morgan fingerprint density at radius 3 is 2.44 bits per heavy atom. The van der Waals surface area contributed by atoms with E-state index in [0.717, 1.165) is 16.7 Å². The summed E-state index contributed by atoms with van der Waals surface area (Å²) in [7, 11) is 1.31. The van der Waals surface area contributed by atoms with Gasteiger partial charge in [-0.3, -0.25) is 9.69 Å². The van der Waals surface area contributed by atoms with Gasteiger partial charge in [0.2, 0.25) is 5.91 Å².